The van der Waals surface area contributed by atoms with Gasteiger partial charge < -0.3 is 0 Å². The van der Waals surface area contributed by atoms with E-state index in [0.29, 0.717) is 3.57 Å². The molecule has 1 rings (SSSR count). The summed E-state index contributed by atoms with van der Waals surface area (Å²) < 4.78 is 0.423. The number of nitrogens with zero attached hydrogens (tertiary/aromatic N) is 2. The third kappa shape index (κ3) is 2.11. The van der Waals surface area contributed by atoms with Crippen molar-refractivity contribution in [1.29, 1.82) is 0 Å². The number of benzene rings is 1. The summed E-state index contributed by atoms with van der Waals surface area (Å²) in [7, 11) is 0. The Labute approximate surface area is 86.0 Å². The molecule has 0 spiro atoms. The molecule has 1 aromatic carbocycles. The maximum absolute atomic E-state index is 10.4. The van der Waals surface area contributed by atoms with Crippen LogP contribution in [0.3, 0.4) is 0 Å². The highest BCUT2D eigenvalue weighted by atomic mass is 127. The molecule has 13 heavy (non-hydrogen) atoms. The van der Waals surface area contributed by atoms with Gasteiger partial charge in [-0.3, -0.25) is 20.2 Å². The monoisotopic (exact) mass is 295 g/mol. The van der Waals surface area contributed by atoms with Gasteiger partial charge in [0.15, 0.2) is 0 Å². The molecule has 68 valence electrons. The van der Waals surface area contributed by atoms with Crippen molar-refractivity contribution in [3.8, 4) is 0 Å². The topological polar surface area (TPSA) is 86.3 Å². The second kappa shape index (κ2) is 3.64. The van der Waals surface area contributed by atoms with Crippen LogP contribution in [0.15, 0.2) is 18.2 Å². The summed E-state index contributed by atoms with van der Waals surface area (Å²) in [6.07, 6.45) is 0. The molecule has 0 heterocycles. The number of hydrogen-bond acceptors (Lipinski definition) is 4. The normalized spacial score (nSPS) is 9.62. The molecule has 0 bridgehead atoms. The van der Waals surface area contributed by atoms with E-state index in [1.807, 2.05) is 0 Å². The van der Waals surface area contributed by atoms with Crippen LogP contribution in [0, 0.1) is 23.8 Å². The van der Waals surface area contributed by atoms with Gasteiger partial charge in [-0.1, -0.05) is 0 Å². The third-order valence-electron chi connectivity index (χ3n) is 1.35. The largest absolute Gasteiger partial charge is 0.328 e. The molecular weight excluding hydrogens is 291 g/mol. The Morgan fingerprint density at radius 2 is 1.77 bits per heavy atom. The lowest BCUT2D eigenvalue weighted by atomic mass is 10.3. The molecule has 0 aliphatic rings. The maximum atomic E-state index is 10.4. The summed E-state index contributed by atoms with van der Waals surface area (Å²) in [5.74, 6) is 0. The van der Waals surface area contributed by atoms with Gasteiger partial charge >= 0.3 is 28.3 Å². The SMILES string of the molecule is O=[N+]([O-])c1ccc([IH+])c([N+](=O)[O-])c1. The van der Waals surface area contributed by atoms with Gasteiger partial charge in [-0.05, 0) is 0 Å². The lowest BCUT2D eigenvalue weighted by Gasteiger charge is -1.90. The van der Waals surface area contributed by atoms with Crippen molar-refractivity contribution in [1.82, 2.24) is 0 Å². The van der Waals surface area contributed by atoms with Gasteiger partial charge in [-0.25, -0.2) is 0 Å². The van der Waals surface area contributed by atoms with E-state index in [2.05, 4.69) is 0 Å². The van der Waals surface area contributed by atoms with Crippen LogP contribution in [-0.2, 0) is 0 Å². The highest BCUT2D eigenvalue weighted by Gasteiger charge is 2.22. The molecule has 0 saturated heterocycles. The van der Waals surface area contributed by atoms with Gasteiger partial charge in [-0.2, -0.15) is 0 Å². The summed E-state index contributed by atoms with van der Waals surface area (Å²) in [5.41, 5.74) is -0.488. The van der Waals surface area contributed by atoms with E-state index in [1.54, 1.807) is 0 Å². The highest BCUT2D eigenvalue weighted by Crippen LogP contribution is 2.18. The minimum atomic E-state index is -0.659. The number of nitro benzene ring substituents is 2. The molecule has 6 nitrogen and oxygen atoms in total. The molecule has 0 saturated carbocycles. The quantitative estimate of drug-likeness (QED) is 0.357. The van der Waals surface area contributed by atoms with Crippen molar-refractivity contribution in [2.45, 2.75) is 0 Å². The molecule has 0 aliphatic carbocycles. The van der Waals surface area contributed by atoms with E-state index in [9.17, 15) is 20.2 Å². The average molecular weight is 295 g/mol. The Morgan fingerprint density at radius 3 is 2.23 bits per heavy atom. The van der Waals surface area contributed by atoms with Crippen molar-refractivity contribution in [3.63, 3.8) is 0 Å². The van der Waals surface area contributed by atoms with Crippen molar-refractivity contribution in [2.75, 3.05) is 0 Å². The molecule has 0 N–H and O–H groups in total. The summed E-state index contributed by atoms with van der Waals surface area (Å²) in [5, 5.41) is 20.7. The first-order valence-corrected chi connectivity index (χ1v) is 4.28. The van der Waals surface area contributed by atoms with Crippen LogP contribution in [0.1, 0.15) is 0 Å². The van der Waals surface area contributed by atoms with Gasteiger partial charge in [0.05, 0.1) is 15.9 Å². The Hall–Kier alpha value is -1.25. The Balaban J connectivity index is 3.27. The van der Waals surface area contributed by atoms with Gasteiger partial charge in [0, 0.05) is 12.1 Å². The molecule has 0 amide bonds. The average Bonchev–Trinajstić information content (AvgIpc) is 2.04. The van der Waals surface area contributed by atoms with Gasteiger partial charge in [-0.15, -0.1) is 0 Å². The second-order valence-electron chi connectivity index (χ2n) is 2.17. The molecule has 0 aromatic heterocycles. The van der Waals surface area contributed by atoms with Crippen LogP contribution >= 0.6 is 0 Å². The van der Waals surface area contributed by atoms with Crippen LogP contribution in [0.5, 0.6) is 0 Å². The van der Waals surface area contributed by atoms with E-state index >= 15 is 0 Å². The maximum Gasteiger partial charge on any atom is 0.328 e. The smallest absolute Gasteiger partial charge is 0.258 e. The zero-order chi connectivity index (χ0) is 10.0. The van der Waals surface area contributed by atoms with Crippen LogP contribution < -0.4 is 22.6 Å². The summed E-state index contributed by atoms with van der Waals surface area (Å²) in [6.45, 7) is 0. The Kier molecular flexibility index (Phi) is 2.76. The summed E-state index contributed by atoms with van der Waals surface area (Å²) >= 11 is 1.46. The van der Waals surface area contributed by atoms with E-state index in [0.717, 1.165) is 6.07 Å². The van der Waals surface area contributed by atoms with Crippen LogP contribution in [0.25, 0.3) is 0 Å². The Bertz CT molecular complexity index is 379. The second-order valence-corrected chi connectivity index (χ2v) is 3.42. The summed E-state index contributed by atoms with van der Waals surface area (Å²) in [6, 6.07) is 3.56. The molecule has 0 aliphatic heterocycles. The first-order chi connectivity index (χ1) is 6.02. The fourth-order valence-electron chi connectivity index (χ4n) is 0.762. The van der Waals surface area contributed by atoms with Crippen molar-refractivity contribution >= 4 is 11.4 Å². The van der Waals surface area contributed by atoms with Crippen molar-refractivity contribution in [2.24, 2.45) is 0 Å². The zero-order valence-electron chi connectivity index (χ0n) is 6.17. The minimum Gasteiger partial charge on any atom is -0.258 e. The molecule has 0 unspecified atom stereocenters. The van der Waals surface area contributed by atoms with Crippen LogP contribution in [0.2, 0.25) is 0 Å². The van der Waals surface area contributed by atoms with E-state index in [-0.39, 0.29) is 11.4 Å². The molecule has 0 radical (unpaired) electrons. The molecule has 0 atom stereocenters. The number of non-ortho nitro benzene ring substituents is 1. The van der Waals surface area contributed by atoms with Crippen molar-refractivity contribution < 1.29 is 32.4 Å². The summed E-state index contributed by atoms with van der Waals surface area (Å²) in [4.78, 5) is 19.4. The number of nitro groups is 2. The lowest BCUT2D eigenvalue weighted by molar-refractivity contribution is -0.419. The molecular formula is C6H4IN2O4+. The number of hydrogen-bond donors (Lipinski definition) is 0. The highest BCUT2D eigenvalue weighted by molar-refractivity contribution is 5.41. The fraction of sp³-hybridized carbons (Fsp3) is 0. The van der Waals surface area contributed by atoms with Gasteiger partial charge in [0.25, 0.3) is 9.26 Å². The van der Waals surface area contributed by atoms with Gasteiger partial charge in [0.2, 0.25) is 0 Å². The predicted molar refractivity (Wildman–Crippen MR) is 39.8 cm³/mol. The number of rotatable bonds is 2. The Morgan fingerprint density at radius 1 is 1.15 bits per heavy atom. The zero-order valence-corrected chi connectivity index (χ0v) is 8.50. The van der Waals surface area contributed by atoms with Crippen LogP contribution in [-0.4, -0.2) is 9.85 Å². The molecule has 1 aromatic rings. The first-order valence-electron chi connectivity index (χ1n) is 3.12. The van der Waals surface area contributed by atoms with E-state index in [4.69, 9.17) is 0 Å². The molecule has 0 fully saturated rings. The standard InChI is InChI=1S/C6H4IN2O4/c7-5-2-1-4(8(10)11)3-6(5)9(12)13/h1-3,7H/q+1. The van der Waals surface area contributed by atoms with Gasteiger partial charge in [0.1, 0.15) is 0 Å². The fourth-order valence-corrected chi connectivity index (χ4v) is 1.34. The van der Waals surface area contributed by atoms with Crippen molar-refractivity contribution in [3.05, 3.63) is 42.0 Å². The number of halogens is 1. The van der Waals surface area contributed by atoms with Crippen LogP contribution in [0.4, 0.5) is 11.4 Å². The first kappa shape index (κ1) is 9.84. The van der Waals surface area contributed by atoms with E-state index < -0.39 is 9.85 Å². The molecule has 7 heteroatoms. The minimum absolute atomic E-state index is 0.223. The predicted octanol–water partition coefficient (Wildman–Crippen LogP) is -2.04. The van der Waals surface area contributed by atoms with E-state index in [1.165, 1.54) is 34.7 Å². The third-order valence-corrected chi connectivity index (χ3v) is 2.34. The lowest BCUT2D eigenvalue weighted by Crippen LogP contribution is -3.34.